The highest BCUT2D eigenvalue weighted by Gasteiger charge is 2.16. The molecule has 0 amide bonds. The van der Waals surface area contributed by atoms with Crippen LogP contribution in [-0.2, 0) is 22.6 Å². The summed E-state index contributed by atoms with van der Waals surface area (Å²) in [6.07, 6.45) is 1.02. The first-order valence-corrected chi connectivity index (χ1v) is 11.3. The first-order chi connectivity index (χ1) is 14.9. The van der Waals surface area contributed by atoms with Gasteiger partial charge in [0.05, 0.1) is 18.6 Å². The molecule has 0 N–H and O–H groups in total. The highest BCUT2D eigenvalue weighted by atomic mass is 35.5. The maximum atomic E-state index is 11.7. The van der Waals surface area contributed by atoms with Crippen molar-refractivity contribution < 1.29 is 19.0 Å². The van der Waals surface area contributed by atoms with E-state index in [4.69, 9.17) is 25.8 Å². The number of methoxy groups -OCH3 is 1. The van der Waals surface area contributed by atoms with Crippen molar-refractivity contribution in [2.24, 2.45) is 0 Å². The van der Waals surface area contributed by atoms with Gasteiger partial charge in [-0.1, -0.05) is 17.7 Å². The van der Waals surface area contributed by atoms with Gasteiger partial charge >= 0.3 is 5.97 Å². The summed E-state index contributed by atoms with van der Waals surface area (Å²) in [6, 6.07) is 11.8. The van der Waals surface area contributed by atoms with Crippen LogP contribution in [0.1, 0.15) is 35.6 Å². The third-order valence-corrected chi connectivity index (χ3v) is 6.57. The molecule has 164 valence electrons. The monoisotopic (exact) mass is 459 g/mol. The summed E-state index contributed by atoms with van der Waals surface area (Å²) in [7, 11) is 1.64. The van der Waals surface area contributed by atoms with E-state index < -0.39 is 0 Å². The number of hydrogen-bond donors (Lipinski definition) is 0. The molecule has 3 aromatic rings. The summed E-state index contributed by atoms with van der Waals surface area (Å²) in [6.45, 7) is 6.61. The van der Waals surface area contributed by atoms with Crippen molar-refractivity contribution in [1.29, 1.82) is 0 Å². The lowest BCUT2D eigenvalue weighted by Gasteiger charge is -2.15. The van der Waals surface area contributed by atoms with Gasteiger partial charge in [0.25, 0.3) is 0 Å². The fraction of sp³-hybridized carbons (Fsp3) is 0.333. The molecule has 1 heterocycles. The van der Waals surface area contributed by atoms with E-state index in [1.165, 1.54) is 11.5 Å². The maximum absolute atomic E-state index is 11.7. The molecule has 0 unspecified atom stereocenters. The fourth-order valence-corrected chi connectivity index (χ4v) is 4.38. The number of esters is 1. The quantitative estimate of drug-likeness (QED) is 0.358. The molecule has 31 heavy (non-hydrogen) atoms. The Morgan fingerprint density at radius 3 is 2.52 bits per heavy atom. The van der Waals surface area contributed by atoms with Gasteiger partial charge in [0.2, 0.25) is 0 Å². The third-order valence-electron chi connectivity index (χ3n) is 5.22. The molecule has 0 spiro atoms. The van der Waals surface area contributed by atoms with E-state index >= 15 is 0 Å². The Morgan fingerprint density at radius 2 is 1.84 bits per heavy atom. The topological polar surface area (TPSA) is 57.7 Å². The zero-order valence-corrected chi connectivity index (χ0v) is 19.7. The molecule has 0 atom stereocenters. The second-order valence-corrected chi connectivity index (χ2v) is 8.21. The number of benzene rings is 2. The zero-order chi connectivity index (χ0) is 22.4. The molecule has 0 aliphatic carbocycles. The van der Waals surface area contributed by atoms with Gasteiger partial charge in [-0.25, -0.2) is 0 Å². The molecule has 7 heteroatoms. The second-order valence-electron chi connectivity index (χ2n) is 7.08. The smallest absolute Gasteiger partial charge is 0.306 e. The minimum Gasteiger partial charge on any atom is -0.497 e. The van der Waals surface area contributed by atoms with Gasteiger partial charge in [0, 0.05) is 12.0 Å². The Kier molecular flexibility index (Phi) is 7.93. The normalized spacial score (nSPS) is 10.7. The third kappa shape index (κ3) is 5.57. The largest absolute Gasteiger partial charge is 0.497 e. The molecule has 0 aliphatic heterocycles. The summed E-state index contributed by atoms with van der Waals surface area (Å²) in [5, 5.41) is 0.455. The van der Waals surface area contributed by atoms with Gasteiger partial charge in [-0.15, -0.1) is 0 Å². The lowest BCUT2D eigenvalue weighted by atomic mass is 9.99. The Bertz CT molecular complexity index is 1050. The van der Waals surface area contributed by atoms with Crippen molar-refractivity contribution in [2.75, 3.05) is 13.7 Å². The Balaban J connectivity index is 1.73. The molecule has 0 saturated carbocycles. The van der Waals surface area contributed by atoms with E-state index in [1.807, 2.05) is 57.2 Å². The molecule has 0 saturated heterocycles. The van der Waals surface area contributed by atoms with E-state index in [9.17, 15) is 4.79 Å². The lowest BCUT2D eigenvalue weighted by Crippen LogP contribution is -2.06. The summed E-state index contributed by atoms with van der Waals surface area (Å²) in [5.41, 5.74) is 5.16. The van der Waals surface area contributed by atoms with Gasteiger partial charge in [-0.3, -0.25) is 4.79 Å². The number of ether oxygens (including phenoxy) is 3. The van der Waals surface area contributed by atoms with Crippen molar-refractivity contribution in [3.63, 3.8) is 0 Å². The van der Waals surface area contributed by atoms with Crippen molar-refractivity contribution in [1.82, 2.24) is 4.37 Å². The molecule has 0 aliphatic rings. The van der Waals surface area contributed by atoms with E-state index in [0.717, 1.165) is 44.2 Å². The number of rotatable bonds is 9. The van der Waals surface area contributed by atoms with Crippen LogP contribution in [-0.4, -0.2) is 24.1 Å². The molecule has 5 nitrogen and oxygen atoms in total. The SMILES string of the molecule is CCOC(=O)CCc1ccc(OCc2c(Cl)nsc2-c2ccc(OC)cc2)c(C)c1C. The molecule has 0 fully saturated rings. The standard InChI is InChI=1S/C24H26ClNO4S/c1-5-29-22(27)13-9-17-8-12-21(16(3)15(17)2)30-14-20-23(31-26-24(20)25)18-6-10-19(28-4)11-7-18/h6-8,10-12H,5,9,13-14H2,1-4H3. The van der Waals surface area contributed by atoms with Crippen LogP contribution in [0.3, 0.4) is 0 Å². The van der Waals surface area contributed by atoms with Crippen LogP contribution in [0.15, 0.2) is 36.4 Å². The number of carbonyl (C=O) groups is 1. The number of carbonyl (C=O) groups excluding carboxylic acids is 1. The molecular formula is C24H26ClNO4S. The van der Waals surface area contributed by atoms with Gasteiger partial charge in [-0.05, 0) is 91.3 Å². The highest BCUT2D eigenvalue weighted by Crippen LogP contribution is 2.35. The van der Waals surface area contributed by atoms with Crippen molar-refractivity contribution in [2.45, 2.75) is 40.2 Å². The van der Waals surface area contributed by atoms with E-state index in [1.54, 1.807) is 7.11 Å². The van der Waals surface area contributed by atoms with Gasteiger partial charge < -0.3 is 14.2 Å². The Morgan fingerprint density at radius 1 is 1.10 bits per heavy atom. The van der Waals surface area contributed by atoms with Crippen LogP contribution in [0.4, 0.5) is 0 Å². The predicted molar refractivity (Wildman–Crippen MR) is 124 cm³/mol. The average molecular weight is 460 g/mol. The molecule has 3 rings (SSSR count). The molecule has 0 radical (unpaired) electrons. The van der Waals surface area contributed by atoms with Crippen LogP contribution in [0.5, 0.6) is 11.5 Å². The van der Waals surface area contributed by atoms with Crippen LogP contribution < -0.4 is 9.47 Å². The summed E-state index contributed by atoms with van der Waals surface area (Å²) < 4.78 is 20.7. The fourth-order valence-electron chi connectivity index (χ4n) is 3.28. The van der Waals surface area contributed by atoms with Crippen molar-refractivity contribution in [3.05, 3.63) is 63.8 Å². The number of aromatic nitrogens is 1. The minimum atomic E-state index is -0.175. The van der Waals surface area contributed by atoms with Crippen LogP contribution in [0.25, 0.3) is 10.4 Å². The number of hydrogen-bond acceptors (Lipinski definition) is 6. The van der Waals surface area contributed by atoms with E-state index in [0.29, 0.717) is 31.2 Å². The Labute approximate surface area is 192 Å². The minimum absolute atomic E-state index is 0.175. The molecular weight excluding hydrogens is 434 g/mol. The molecule has 1 aromatic heterocycles. The first kappa shape index (κ1) is 23.1. The number of nitrogens with zero attached hydrogens (tertiary/aromatic N) is 1. The van der Waals surface area contributed by atoms with E-state index in [2.05, 4.69) is 4.37 Å². The zero-order valence-electron chi connectivity index (χ0n) is 18.2. The van der Waals surface area contributed by atoms with Crippen LogP contribution in [0.2, 0.25) is 5.15 Å². The average Bonchev–Trinajstić information content (AvgIpc) is 3.14. The first-order valence-electron chi connectivity index (χ1n) is 10.1. The summed E-state index contributed by atoms with van der Waals surface area (Å²) in [5.74, 6) is 1.41. The van der Waals surface area contributed by atoms with Crippen molar-refractivity contribution in [3.8, 4) is 21.9 Å². The van der Waals surface area contributed by atoms with Gasteiger partial charge in [0.15, 0.2) is 0 Å². The lowest BCUT2D eigenvalue weighted by molar-refractivity contribution is -0.143. The molecule has 0 bridgehead atoms. The van der Waals surface area contributed by atoms with Crippen LogP contribution in [0, 0.1) is 13.8 Å². The second kappa shape index (κ2) is 10.6. The number of halogens is 1. The predicted octanol–water partition coefficient (Wildman–Crippen LogP) is 6.16. The Hall–Kier alpha value is -2.57. The summed E-state index contributed by atoms with van der Waals surface area (Å²) >= 11 is 7.72. The maximum Gasteiger partial charge on any atom is 0.306 e. The highest BCUT2D eigenvalue weighted by molar-refractivity contribution is 7.10. The summed E-state index contributed by atoms with van der Waals surface area (Å²) in [4.78, 5) is 12.6. The van der Waals surface area contributed by atoms with Crippen molar-refractivity contribution >= 4 is 29.1 Å². The van der Waals surface area contributed by atoms with Crippen LogP contribution >= 0.6 is 23.1 Å². The number of aryl methyl sites for hydroxylation is 1. The van der Waals surface area contributed by atoms with Gasteiger partial charge in [-0.2, -0.15) is 4.37 Å². The van der Waals surface area contributed by atoms with Gasteiger partial charge in [0.1, 0.15) is 23.3 Å². The molecule has 2 aromatic carbocycles. The van der Waals surface area contributed by atoms with E-state index in [-0.39, 0.29) is 5.97 Å².